The normalized spacial score (nSPS) is 12.5. The zero-order valence-corrected chi connectivity index (χ0v) is 12.5. The van der Waals surface area contributed by atoms with Gasteiger partial charge in [-0.25, -0.2) is 15.0 Å². The topological polar surface area (TPSA) is 64.7 Å². The summed E-state index contributed by atoms with van der Waals surface area (Å²) in [5.41, 5.74) is 10.1. The van der Waals surface area contributed by atoms with E-state index in [9.17, 15) is 0 Å². The molecule has 2 aromatic heterocycles. The summed E-state index contributed by atoms with van der Waals surface area (Å²) in [4.78, 5) is 13.3. The van der Waals surface area contributed by atoms with E-state index in [1.165, 1.54) is 11.8 Å². The van der Waals surface area contributed by atoms with Crippen molar-refractivity contribution in [1.29, 1.82) is 0 Å². The van der Waals surface area contributed by atoms with E-state index in [0.717, 1.165) is 32.7 Å². The molecule has 0 unspecified atom stereocenters. The highest BCUT2D eigenvalue weighted by molar-refractivity contribution is 7.99. The van der Waals surface area contributed by atoms with Gasteiger partial charge in [0.05, 0.1) is 0 Å². The van der Waals surface area contributed by atoms with E-state index >= 15 is 0 Å². The van der Waals surface area contributed by atoms with Crippen LogP contribution in [0, 0.1) is 20.8 Å². The van der Waals surface area contributed by atoms with Crippen molar-refractivity contribution in [2.75, 3.05) is 0 Å². The highest BCUT2D eigenvalue weighted by atomic mass is 32.2. The van der Waals surface area contributed by atoms with E-state index in [1.54, 1.807) is 6.20 Å². The molecule has 100 valence electrons. The van der Waals surface area contributed by atoms with E-state index in [-0.39, 0.29) is 6.04 Å². The highest BCUT2D eigenvalue weighted by Gasteiger charge is 2.08. The first-order valence-electron chi connectivity index (χ1n) is 6.18. The second kappa shape index (κ2) is 5.67. The van der Waals surface area contributed by atoms with E-state index in [0.29, 0.717) is 0 Å². The number of hydrogen-bond acceptors (Lipinski definition) is 5. The van der Waals surface area contributed by atoms with Crippen LogP contribution in [0.5, 0.6) is 0 Å². The molecule has 0 aliphatic carbocycles. The van der Waals surface area contributed by atoms with Gasteiger partial charge in [-0.3, -0.25) is 0 Å². The number of aryl methyl sites for hydroxylation is 2. The highest BCUT2D eigenvalue weighted by Crippen LogP contribution is 2.25. The Labute approximate surface area is 117 Å². The third kappa shape index (κ3) is 3.30. The molecule has 0 saturated carbocycles. The van der Waals surface area contributed by atoms with Crippen LogP contribution in [0.1, 0.15) is 35.5 Å². The van der Waals surface area contributed by atoms with E-state index < -0.39 is 0 Å². The Morgan fingerprint density at radius 2 is 1.79 bits per heavy atom. The Balaban J connectivity index is 2.28. The van der Waals surface area contributed by atoms with Crippen LogP contribution in [0.2, 0.25) is 0 Å². The number of nitrogens with zero attached hydrogens (tertiary/aromatic N) is 3. The first-order chi connectivity index (χ1) is 8.97. The monoisotopic (exact) mass is 274 g/mol. The Hall–Kier alpha value is -1.46. The summed E-state index contributed by atoms with van der Waals surface area (Å²) < 4.78 is 0. The van der Waals surface area contributed by atoms with Crippen molar-refractivity contribution in [1.82, 2.24) is 15.0 Å². The van der Waals surface area contributed by atoms with E-state index in [2.05, 4.69) is 15.0 Å². The fourth-order valence-electron chi connectivity index (χ4n) is 1.64. The molecule has 5 heteroatoms. The maximum atomic E-state index is 5.88. The van der Waals surface area contributed by atoms with Crippen molar-refractivity contribution < 1.29 is 0 Å². The summed E-state index contributed by atoms with van der Waals surface area (Å²) in [7, 11) is 0. The van der Waals surface area contributed by atoms with Gasteiger partial charge in [0, 0.05) is 23.6 Å². The first-order valence-corrected chi connectivity index (χ1v) is 7.00. The van der Waals surface area contributed by atoms with Crippen molar-refractivity contribution >= 4 is 11.8 Å². The molecule has 0 amide bonds. The third-order valence-corrected chi connectivity index (χ3v) is 3.89. The minimum Gasteiger partial charge on any atom is -0.324 e. The molecule has 0 aliphatic heterocycles. The molecule has 2 heterocycles. The van der Waals surface area contributed by atoms with Crippen LogP contribution in [0.25, 0.3) is 0 Å². The van der Waals surface area contributed by atoms with E-state index in [1.807, 2.05) is 39.8 Å². The van der Waals surface area contributed by atoms with Crippen molar-refractivity contribution in [3.8, 4) is 0 Å². The standard InChI is InChI=1S/C14H18N4S/c1-8-10(3)17-14(18-11(8)4)19-13-7-12(9(2)15)5-6-16-13/h5-7,9H,15H2,1-4H3/t9-/m1/s1. The van der Waals surface area contributed by atoms with Crippen LogP contribution >= 0.6 is 11.8 Å². The van der Waals surface area contributed by atoms with Gasteiger partial charge in [-0.15, -0.1) is 0 Å². The molecule has 0 bridgehead atoms. The summed E-state index contributed by atoms with van der Waals surface area (Å²) in [6.07, 6.45) is 1.77. The fourth-order valence-corrected chi connectivity index (χ4v) is 2.51. The Morgan fingerprint density at radius 1 is 1.16 bits per heavy atom. The van der Waals surface area contributed by atoms with Crippen molar-refractivity contribution in [3.05, 3.63) is 40.8 Å². The molecule has 0 aromatic carbocycles. The lowest BCUT2D eigenvalue weighted by molar-refractivity contribution is 0.807. The Morgan fingerprint density at radius 3 is 2.37 bits per heavy atom. The van der Waals surface area contributed by atoms with Crippen LogP contribution in [-0.4, -0.2) is 15.0 Å². The Kier molecular flexibility index (Phi) is 4.17. The van der Waals surface area contributed by atoms with Crippen LogP contribution in [0.4, 0.5) is 0 Å². The maximum absolute atomic E-state index is 5.88. The average molecular weight is 274 g/mol. The summed E-state index contributed by atoms with van der Waals surface area (Å²) in [6, 6.07) is 3.93. The van der Waals surface area contributed by atoms with Crippen molar-refractivity contribution in [2.24, 2.45) is 5.73 Å². The predicted octanol–water partition coefficient (Wildman–Crippen LogP) is 2.97. The molecule has 2 rings (SSSR count). The lowest BCUT2D eigenvalue weighted by Gasteiger charge is -2.08. The lowest BCUT2D eigenvalue weighted by Crippen LogP contribution is -2.05. The molecule has 19 heavy (non-hydrogen) atoms. The molecule has 0 radical (unpaired) electrons. The molecule has 0 saturated heterocycles. The number of rotatable bonds is 3. The fraction of sp³-hybridized carbons (Fsp3) is 0.357. The van der Waals surface area contributed by atoms with E-state index in [4.69, 9.17) is 5.73 Å². The summed E-state index contributed by atoms with van der Waals surface area (Å²) in [5.74, 6) is 0. The second-order valence-corrected chi connectivity index (χ2v) is 5.61. The number of pyridine rings is 1. The summed E-state index contributed by atoms with van der Waals surface area (Å²) in [5, 5.41) is 1.60. The van der Waals surface area contributed by atoms with Crippen LogP contribution in [0.3, 0.4) is 0 Å². The second-order valence-electron chi connectivity index (χ2n) is 4.62. The van der Waals surface area contributed by atoms with Gasteiger partial charge in [0.25, 0.3) is 0 Å². The molecule has 2 aromatic rings. The van der Waals surface area contributed by atoms with Crippen LogP contribution in [0.15, 0.2) is 28.5 Å². The van der Waals surface area contributed by atoms with Gasteiger partial charge in [0.15, 0.2) is 5.16 Å². The zero-order chi connectivity index (χ0) is 14.0. The first kappa shape index (κ1) is 14.0. The minimum atomic E-state index is 0.00441. The minimum absolute atomic E-state index is 0.00441. The smallest absolute Gasteiger partial charge is 0.194 e. The van der Waals surface area contributed by atoms with Gasteiger partial charge >= 0.3 is 0 Å². The maximum Gasteiger partial charge on any atom is 0.194 e. The quantitative estimate of drug-likeness (QED) is 0.872. The van der Waals surface area contributed by atoms with Gasteiger partial charge in [-0.05, 0) is 62.7 Å². The van der Waals surface area contributed by atoms with Crippen LogP contribution < -0.4 is 5.73 Å². The van der Waals surface area contributed by atoms with Gasteiger partial charge in [-0.1, -0.05) is 0 Å². The Bertz CT molecular complexity index is 573. The molecular weight excluding hydrogens is 256 g/mol. The number of hydrogen-bond donors (Lipinski definition) is 1. The largest absolute Gasteiger partial charge is 0.324 e. The van der Waals surface area contributed by atoms with Gasteiger partial charge in [0.1, 0.15) is 5.03 Å². The van der Waals surface area contributed by atoms with Crippen LogP contribution in [-0.2, 0) is 0 Å². The van der Waals surface area contributed by atoms with Crippen molar-refractivity contribution in [3.63, 3.8) is 0 Å². The number of nitrogens with two attached hydrogens (primary N) is 1. The number of aromatic nitrogens is 3. The zero-order valence-electron chi connectivity index (χ0n) is 11.6. The van der Waals surface area contributed by atoms with Gasteiger partial charge in [-0.2, -0.15) is 0 Å². The van der Waals surface area contributed by atoms with Gasteiger partial charge in [0.2, 0.25) is 0 Å². The van der Waals surface area contributed by atoms with Gasteiger partial charge < -0.3 is 5.73 Å². The third-order valence-electron chi connectivity index (χ3n) is 3.09. The predicted molar refractivity (Wildman–Crippen MR) is 77.2 cm³/mol. The SMILES string of the molecule is Cc1nc(Sc2cc([C@@H](C)N)ccn2)nc(C)c1C. The lowest BCUT2D eigenvalue weighted by atomic mass is 10.1. The summed E-state index contributed by atoms with van der Waals surface area (Å²) in [6.45, 7) is 7.99. The molecule has 0 aliphatic rings. The average Bonchev–Trinajstić information content (AvgIpc) is 2.36. The summed E-state index contributed by atoms with van der Waals surface area (Å²) >= 11 is 1.47. The van der Waals surface area contributed by atoms with Crippen molar-refractivity contribution in [2.45, 2.75) is 43.9 Å². The molecule has 0 spiro atoms. The molecule has 2 N–H and O–H groups in total. The molecule has 1 atom stereocenters. The molecular formula is C14H18N4S. The molecule has 0 fully saturated rings. The molecule has 4 nitrogen and oxygen atoms in total.